The lowest BCUT2D eigenvalue weighted by Crippen LogP contribution is -2.38. The van der Waals surface area contributed by atoms with Crippen molar-refractivity contribution in [3.8, 4) is 5.75 Å². The molecule has 0 amide bonds. The molecule has 1 heterocycles. The lowest BCUT2D eigenvalue weighted by molar-refractivity contribution is 0.0708. The predicted octanol–water partition coefficient (Wildman–Crippen LogP) is 1.54. The van der Waals surface area contributed by atoms with E-state index in [1.54, 1.807) is 0 Å². The van der Waals surface area contributed by atoms with Crippen molar-refractivity contribution in [1.29, 1.82) is 0 Å². The molecule has 0 fully saturated rings. The molecule has 1 atom stereocenters. The summed E-state index contributed by atoms with van der Waals surface area (Å²) in [6.07, 6.45) is 2.84. The third kappa shape index (κ3) is 4.63. The molecule has 1 aliphatic rings. The van der Waals surface area contributed by atoms with E-state index in [1.807, 2.05) is 24.3 Å². The Morgan fingerprint density at radius 1 is 1.45 bits per heavy atom. The van der Waals surface area contributed by atoms with E-state index in [-0.39, 0.29) is 0 Å². The lowest BCUT2D eigenvalue weighted by Gasteiger charge is -2.27. The van der Waals surface area contributed by atoms with Crippen molar-refractivity contribution in [3.63, 3.8) is 0 Å². The Hall–Kier alpha value is -1.36. The van der Waals surface area contributed by atoms with Crippen LogP contribution in [-0.4, -0.2) is 42.4 Å². The van der Waals surface area contributed by atoms with Crippen molar-refractivity contribution in [1.82, 2.24) is 4.90 Å². The van der Waals surface area contributed by atoms with Crippen LogP contribution in [0.4, 0.5) is 0 Å². The van der Waals surface area contributed by atoms with Crippen molar-refractivity contribution in [3.05, 3.63) is 41.5 Å². The molecule has 0 aromatic heterocycles. The number of ether oxygens (including phenoxy) is 1. The van der Waals surface area contributed by atoms with Gasteiger partial charge in [0.1, 0.15) is 18.5 Å². The second-order valence-corrected chi connectivity index (χ2v) is 5.38. The molecule has 0 radical (unpaired) electrons. The Morgan fingerprint density at radius 2 is 2.30 bits per heavy atom. The molecule has 1 aromatic rings. The summed E-state index contributed by atoms with van der Waals surface area (Å²) in [5, 5.41) is 10.0. The van der Waals surface area contributed by atoms with E-state index in [0.29, 0.717) is 19.7 Å². The van der Waals surface area contributed by atoms with Crippen LogP contribution >= 0.6 is 0 Å². The maximum absolute atomic E-state index is 10.0. The summed E-state index contributed by atoms with van der Waals surface area (Å²) in [4.78, 5) is 2.25. The minimum Gasteiger partial charge on any atom is -0.491 e. The molecule has 4 nitrogen and oxygen atoms in total. The molecule has 0 spiro atoms. The fraction of sp³-hybridized carbons (Fsp3) is 0.500. The molecular weight excluding hydrogens is 252 g/mol. The van der Waals surface area contributed by atoms with E-state index in [2.05, 4.69) is 17.9 Å². The molecule has 20 heavy (non-hydrogen) atoms. The van der Waals surface area contributed by atoms with Crippen LogP contribution in [0.3, 0.4) is 0 Å². The highest BCUT2D eigenvalue weighted by Crippen LogP contribution is 2.14. The molecule has 1 unspecified atom stereocenters. The summed E-state index contributed by atoms with van der Waals surface area (Å²) in [7, 11) is 0. The summed E-state index contributed by atoms with van der Waals surface area (Å²) in [5.74, 6) is 0.765. The normalized spacial score (nSPS) is 17.6. The zero-order valence-electron chi connectivity index (χ0n) is 12.1. The van der Waals surface area contributed by atoms with Crippen LogP contribution in [0, 0.1) is 0 Å². The van der Waals surface area contributed by atoms with Crippen molar-refractivity contribution in [2.75, 3.05) is 26.2 Å². The van der Waals surface area contributed by atoms with Gasteiger partial charge >= 0.3 is 0 Å². The van der Waals surface area contributed by atoms with Gasteiger partial charge in [-0.2, -0.15) is 0 Å². The van der Waals surface area contributed by atoms with Crippen LogP contribution < -0.4 is 10.5 Å². The van der Waals surface area contributed by atoms with Crippen molar-refractivity contribution in [2.45, 2.75) is 26.0 Å². The zero-order valence-corrected chi connectivity index (χ0v) is 12.1. The van der Waals surface area contributed by atoms with E-state index >= 15 is 0 Å². The number of nitrogens with zero attached hydrogens (tertiary/aromatic N) is 1. The quantitative estimate of drug-likeness (QED) is 0.774. The van der Waals surface area contributed by atoms with Gasteiger partial charge in [-0.3, -0.25) is 4.90 Å². The van der Waals surface area contributed by atoms with Crippen molar-refractivity contribution in [2.24, 2.45) is 5.73 Å². The minimum atomic E-state index is -0.469. The lowest BCUT2D eigenvalue weighted by atomic mass is 10.1. The molecule has 0 saturated heterocycles. The van der Waals surface area contributed by atoms with Crippen molar-refractivity contribution < 1.29 is 9.84 Å². The molecule has 4 heteroatoms. The fourth-order valence-corrected chi connectivity index (χ4v) is 2.28. The highest BCUT2D eigenvalue weighted by Gasteiger charge is 2.14. The first-order chi connectivity index (χ1) is 9.67. The molecule has 0 saturated carbocycles. The van der Waals surface area contributed by atoms with Crippen LogP contribution in [0.25, 0.3) is 0 Å². The summed E-state index contributed by atoms with van der Waals surface area (Å²) in [6, 6.07) is 7.69. The van der Waals surface area contributed by atoms with E-state index in [1.165, 1.54) is 5.57 Å². The first-order valence-electron chi connectivity index (χ1n) is 7.15. The summed E-state index contributed by atoms with van der Waals surface area (Å²) in [5.41, 5.74) is 8.06. The Labute approximate surface area is 120 Å². The number of hydrogen-bond donors (Lipinski definition) is 2. The molecular formula is C16H24N2O2. The molecule has 1 aliphatic heterocycles. The number of hydrogen-bond acceptors (Lipinski definition) is 4. The van der Waals surface area contributed by atoms with Gasteiger partial charge in [0.15, 0.2) is 0 Å². The Bertz CT molecular complexity index is 460. The van der Waals surface area contributed by atoms with Gasteiger partial charge in [0.2, 0.25) is 0 Å². The third-order valence-electron chi connectivity index (χ3n) is 3.57. The molecule has 1 aromatic carbocycles. The van der Waals surface area contributed by atoms with E-state index in [4.69, 9.17) is 10.5 Å². The number of β-amino-alcohol motifs (C(OH)–C–C–N with tert-alkyl or cyclic N) is 1. The third-order valence-corrected chi connectivity index (χ3v) is 3.57. The maximum Gasteiger partial charge on any atom is 0.119 e. The van der Waals surface area contributed by atoms with Gasteiger partial charge in [-0.05, 0) is 31.0 Å². The molecule has 2 rings (SSSR count). The zero-order chi connectivity index (χ0) is 14.4. The van der Waals surface area contributed by atoms with Gasteiger partial charge in [-0.15, -0.1) is 0 Å². The Kier molecular flexibility index (Phi) is 5.59. The Balaban J connectivity index is 1.75. The number of benzene rings is 1. The van der Waals surface area contributed by atoms with E-state index in [9.17, 15) is 5.11 Å². The fourth-order valence-electron chi connectivity index (χ4n) is 2.28. The standard InChI is InChI=1S/C16H24N2O2/c1-13-5-7-18(8-6-13)11-15(19)12-20-16-4-2-3-14(9-16)10-17/h2-5,9,15,19H,6-8,10-12,17H2,1H3. The minimum absolute atomic E-state index is 0.313. The summed E-state index contributed by atoms with van der Waals surface area (Å²) < 4.78 is 5.63. The molecule has 110 valence electrons. The van der Waals surface area contributed by atoms with Crippen LogP contribution in [0.1, 0.15) is 18.9 Å². The SMILES string of the molecule is CC1=CCN(CC(O)COc2cccc(CN)c2)CC1. The topological polar surface area (TPSA) is 58.7 Å². The van der Waals surface area contributed by atoms with Gasteiger partial charge in [-0.1, -0.05) is 23.8 Å². The van der Waals surface area contributed by atoms with Gasteiger partial charge < -0.3 is 15.6 Å². The monoisotopic (exact) mass is 276 g/mol. The Morgan fingerprint density at radius 3 is 3.00 bits per heavy atom. The summed E-state index contributed by atoms with van der Waals surface area (Å²) >= 11 is 0. The first-order valence-corrected chi connectivity index (χ1v) is 7.15. The van der Waals surface area contributed by atoms with Crippen LogP contribution in [0.2, 0.25) is 0 Å². The van der Waals surface area contributed by atoms with Crippen LogP contribution in [-0.2, 0) is 6.54 Å². The highest BCUT2D eigenvalue weighted by molar-refractivity contribution is 5.28. The van der Waals surface area contributed by atoms with Crippen LogP contribution in [0.15, 0.2) is 35.9 Å². The number of aliphatic hydroxyl groups is 1. The largest absolute Gasteiger partial charge is 0.491 e. The number of aliphatic hydroxyl groups excluding tert-OH is 1. The molecule has 0 bridgehead atoms. The second-order valence-electron chi connectivity index (χ2n) is 5.38. The van der Waals surface area contributed by atoms with Gasteiger partial charge in [0.05, 0.1) is 0 Å². The number of rotatable bonds is 6. The smallest absolute Gasteiger partial charge is 0.119 e. The van der Waals surface area contributed by atoms with Crippen LogP contribution in [0.5, 0.6) is 5.75 Å². The van der Waals surface area contributed by atoms with E-state index < -0.39 is 6.10 Å². The maximum atomic E-state index is 10.0. The van der Waals surface area contributed by atoms with Gasteiger partial charge in [0, 0.05) is 26.2 Å². The summed E-state index contributed by atoms with van der Waals surface area (Å²) in [6.45, 7) is 5.56. The van der Waals surface area contributed by atoms with Crippen molar-refractivity contribution >= 4 is 0 Å². The highest BCUT2D eigenvalue weighted by atomic mass is 16.5. The first kappa shape index (κ1) is 15.0. The molecule has 0 aliphatic carbocycles. The van der Waals surface area contributed by atoms with Gasteiger partial charge in [-0.25, -0.2) is 0 Å². The van der Waals surface area contributed by atoms with E-state index in [0.717, 1.165) is 30.8 Å². The van der Waals surface area contributed by atoms with Gasteiger partial charge in [0.25, 0.3) is 0 Å². The average molecular weight is 276 g/mol. The predicted molar refractivity (Wildman–Crippen MR) is 80.6 cm³/mol. The molecule has 3 N–H and O–H groups in total. The average Bonchev–Trinajstić information content (AvgIpc) is 2.48. The number of nitrogens with two attached hydrogens (primary N) is 1. The second kappa shape index (κ2) is 7.43.